The summed E-state index contributed by atoms with van der Waals surface area (Å²) in [5.74, 6) is 0. The van der Waals surface area contributed by atoms with Gasteiger partial charge >= 0.3 is 0 Å². The maximum absolute atomic E-state index is 12.3. The molecule has 0 amide bonds. The monoisotopic (exact) mass is 277 g/mol. The molecule has 17 heavy (non-hydrogen) atoms. The summed E-state index contributed by atoms with van der Waals surface area (Å²) in [6.07, 6.45) is 1.11. The molecule has 0 bridgehead atoms. The van der Waals surface area contributed by atoms with Crippen molar-refractivity contribution in [1.29, 1.82) is 0 Å². The number of hydrogen-bond acceptors (Lipinski definition) is 6. The van der Waals surface area contributed by atoms with Crippen molar-refractivity contribution in [2.45, 2.75) is 30.3 Å². The Morgan fingerprint density at radius 3 is 2.53 bits per heavy atom. The molecule has 0 radical (unpaired) electrons. The molecule has 0 aliphatic carbocycles. The van der Waals surface area contributed by atoms with E-state index in [9.17, 15) is 8.42 Å². The number of anilines is 1. The van der Waals surface area contributed by atoms with E-state index in [-0.39, 0.29) is 21.5 Å². The molecule has 2 rings (SSSR count). The fourth-order valence-electron chi connectivity index (χ4n) is 1.85. The van der Waals surface area contributed by atoms with Gasteiger partial charge in [-0.15, -0.1) is 0 Å². The number of nitrogens with zero attached hydrogens (tertiary/aromatic N) is 2. The van der Waals surface area contributed by atoms with Gasteiger partial charge in [-0.05, 0) is 13.8 Å². The number of ether oxygens (including phenoxy) is 1. The predicted octanol–water partition coefficient (Wildman–Crippen LogP) is 0.523. The van der Waals surface area contributed by atoms with E-state index < -0.39 is 10.0 Å². The molecule has 1 saturated heterocycles. The molecule has 96 valence electrons. The molecule has 1 fully saturated rings. The standard InChI is InChI=1S/C9H15N3O3S2/c1-6-4-12(5-7(2)15-6)17(13,14)8-3-11-9(10)16-8/h3,6-7H,4-5H2,1-2H3,(H2,10,11)/t6-,7+. The summed E-state index contributed by atoms with van der Waals surface area (Å²) in [5.41, 5.74) is 5.46. The van der Waals surface area contributed by atoms with Crippen LogP contribution in [0.5, 0.6) is 0 Å². The third kappa shape index (κ3) is 2.59. The number of aromatic nitrogens is 1. The lowest BCUT2D eigenvalue weighted by Crippen LogP contribution is -2.47. The topological polar surface area (TPSA) is 85.5 Å². The van der Waals surface area contributed by atoms with Crippen molar-refractivity contribution in [3.05, 3.63) is 6.20 Å². The van der Waals surface area contributed by atoms with Crippen LogP contribution in [0.2, 0.25) is 0 Å². The molecule has 0 aromatic carbocycles. The minimum atomic E-state index is -3.48. The molecule has 0 unspecified atom stereocenters. The largest absolute Gasteiger partial charge is 0.375 e. The Morgan fingerprint density at radius 1 is 1.47 bits per heavy atom. The number of morpholine rings is 1. The molecule has 1 aliphatic heterocycles. The van der Waals surface area contributed by atoms with Gasteiger partial charge in [0.1, 0.15) is 0 Å². The summed E-state index contributed by atoms with van der Waals surface area (Å²) >= 11 is 0.987. The lowest BCUT2D eigenvalue weighted by molar-refractivity contribution is -0.0440. The summed E-state index contributed by atoms with van der Waals surface area (Å²) in [7, 11) is -3.48. The van der Waals surface area contributed by atoms with E-state index >= 15 is 0 Å². The van der Waals surface area contributed by atoms with Crippen molar-refractivity contribution in [3.63, 3.8) is 0 Å². The van der Waals surface area contributed by atoms with Crippen LogP contribution in [0, 0.1) is 0 Å². The SMILES string of the molecule is C[C@@H]1CN(S(=O)(=O)c2cnc(N)s2)C[C@H](C)O1. The maximum Gasteiger partial charge on any atom is 0.254 e. The number of nitrogen functional groups attached to an aromatic ring is 1. The number of hydrogen-bond donors (Lipinski definition) is 1. The zero-order chi connectivity index (χ0) is 12.6. The molecular formula is C9H15N3O3S2. The minimum absolute atomic E-state index is 0.0983. The Kier molecular flexibility index (Phi) is 3.39. The molecule has 1 aromatic heterocycles. The number of sulfonamides is 1. The van der Waals surface area contributed by atoms with Crippen LogP contribution in [0.15, 0.2) is 10.4 Å². The highest BCUT2D eigenvalue weighted by Crippen LogP contribution is 2.26. The Morgan fingerprint density at radius 2 is 2.06 bits per heavy atom. The summed E-state index contributed by atoms with van der Waals surface area (Å²) in [4.78, 5) is 3.78. The van der Waals surface area contributed by atoms with E-state index in [4.69, 9.17) is 10.5 Å². The second-order valence-corrected chi connectivity index (χ2v) is 7.32. The van der Waals surface area contributed by atoms with Crippen LogP contribution in [-0.4, -0.2) is 43.0 Å². The van der Waals surface area contributed by atoms with Gasteiger partial charge in [-0.2, -0.15) is 4.31 Å². The summed E-state index contributed by atoms with van der Waals surface area (Å²) < 4.78 is 31.7. The molecule has 0 spiro atoms. The first-order valence-corrected chi connectivity index (χ1v) is 7.52. The molecule has 6 nitrogen and oxygen atoms in total. The number of thiazole rings is 1. The Labute approximate surface area is 104 Å². The zero-order valence-electron chi connectivity index (χ0n) is 9.66. The first-order chi connectivity index (χ1) is 7.89. The van der Waals surface area contributed by atoms with Crippen molar-refractivity contribution in [2.75, 3.05) is 18.8 Å². The Bertz CT molecular complexity index is 489. The quantitative estimate of drug-likeness (QED) is 0.852. The molecule has 8 heteroatoms. The maximum atomic E-state index is 12.3. The van der Waals surface area contributed by atoms with Crippen LogP contribution in [0.1, 0.15) is 13.8 Å². The van der Waals surface area contributed by atoms with Gasteiger partial charge in [0.25, 0.3) is 10.0 Å². The average Bonchev–Trinajstić information content (AvgIpc) is 2.64. The van der Waals surface area contributed by atoms with Gasteiger partial charge in [0.05, 0.1) is 18.4 Å². The van der Waals surface area contributed by atoms with E-state index in [1.807, 2.05) is 13.8 Å². The van der Waals surface area contributed by atoms with E-state index in [1.54, 1.807) is 0 Å². The van der Waals surface area contributed by atoms with Crippen LogP contribution in [0.25, 0.3) is 0 Å². The number of rotatable bonds is 2. The molecular weight excluding hydrogens is 262 g/mol. The highest BCUT2D eigenvalue weighted by atomic mass is 32.2. The summed E-state index contributed by atoms with van der Waals surface area (Å²) in [5, 5.41) is 0.262. The average molecular weight is 277 g/mol. The number of nitrogens with two attached hydrogens (primary N) is 1. The van der Waals surface area contributed by atoms with Gasteiger partial charge in [0, 0.05) is 13.1 Å². The van der Waals surface area contributed by atoms with Crippen LogP contribution >= 0.6 is 11.3 Å². The first kappa shape index (κ1) is 12.7. The fourth-order valence-corrected chi connectivity index (χ4v) is 4.51. The van der Waals surface area contributed by atoms with E-state index in [1.165, 1.54) is 10.5 Å². The van der Waals surface area contributed by atoms with Crippen LogP contribution in [0.3, 0.4) is 0 Å². The molecule has 1 aliphatic rings. The highest BCUT2D eigenvalue weighted by molar-refractivity contribution is 7.91. The molecule has 2 atom stereocenters. The smallest absolute Gasteiger partial charge is 0.254 e. The van der Waals surface area contributed by atoms with Crippen molar-refractivity contribution < 1.29 is 13.2 Å². The highest BCUT2D eigenvalue weighted by Gasteiger charge is 2.33. The van der Waals surface area contributed by atoms with Crippen LogP contribution < -0.4 is 5.73 Å². The molecule has 2 N–H and O–H groups in total. The minimum Gasteiger partial charge on any atom is -0.375 e. The lowest BCUT2D eigenvalue weighted by Gasteiger charge is -2.33. The third-order valence-corrected chi connectivity index (χ3v) is 5.58. The first-order valence-electron chi connectivity index (χ1n) is 5.26. The summed E-state index contributed by atoms with van der Waals surface area (Å²) in [6.45, 7) is 4.45. The van der Waals surface area contributed by atoms with E-state index in [0.29, 0.717) is 13.1 Å². The van der Waals surface area contributed by atoms with Gasteiger partial charge in [-0.3, -0.25) is 0 Å². The third-order valence-electron chi connectivity index (χ3n) is 2.48. The van der Waals surface area contributed by atoms with Gasteiger partial charge < -0.3 is 10.5 Å². The second kappa shape index (κ2) is 4.52. The van der Waals surface area contributed by atoms with Crippen LogP contribution in [-0.2, 0) is 14.8 Å². The normalized spacial score (nSPS) is 27.2. The Balaban J connectivity index is 2.26. The second-order valence-electron chi connectivity index (χ2n) is 4.10. The van der Waals surface area contributed by atoms with Gasteiger partial charge in [0.2, 0.25) is 0 Å². The molecule has 2 heterocycles. The molecule has 1 aromatic rings. The van der Waals surface area contributed by atoms with Gasteiger partial charge in [-0.25, -0.2) is 13.4 Å². The zero-order valence-corrected chi connectivity index (χ0v) is 11.3. The van der Waals surface area contributed by atoms with Crippen molar-refractivity contribution >= 4 is 26.5 Å². The van der Waals surface area contributed by atoms with E-state index in [2.05, 4.69) is 4.98 Å². The van der Waals surface area contributed by atoms with E-state index in [0.717, 1.165) is 11.3 Å². The van der Waals surface area contributed by atoms with Gasteiger partial charge in [0.15, 0.2) is 9.34 Å². The van der Waals surface area contributed by atoms with Crippen molar-refractivity contribution in [1.82, 2.24) is 9.29 Å². The van der Waals surface area contributed by atoms with Crippen molar-refractivity contribution in [2.24, 2.45) is 0 Å². The van der Waals surface area contributed by atoms with Crippen molar-refractivity contribution in [3.8, 4) is 0 Å². The van der Waals surface area contributed by atoms with Crippen LogP contribution in [0.4, 0.5) is 5.13 Å². The summed E-state index contributed by atoms with van der Waals surface area (Å²) in [6, 6.07) is 0. The Hall–Kier alpha value is -0.700. The van der Waals surface area contributed by atoms with Gasteiger partial charge in [-0.1, -0.05) is 11.3 Å². The predicted molar refractivity (Wildman–Crippen MR) is 65.3 cm³/mol. The lowest BCUT2D eigenvalue weighted by atomic mass is 10.3. The molecule has 0 saturated carbocycles. The fraction of sp³-hybridized carbons (Fsp3) is 0.667.